The zero-order chi connectivity index (χ0) is 14.8. The van der Waals surface area contributed by atoms with Gasteiger partial charge < -0.3 is 10.2 Å². The number of rotatable bonds is 4. The highest BCUT2D eigenvalue weighted by atomic mass is 32.2. The largest absolute Gasteiger partial charge is 0.382 e. The summed E-state index contributed by atoms with van der Waals surface area (Å²) in [6.07, 6.45) is 0. The Kier molecular flexibility index (Phi) is 4.64. The first kappa shape index (κ1) is 15.2. The van der Waals surface area contributed by atoms with E-state index in [0.29, 0.717) is 18.3 Å². The van der Waals surface area contributed by atoms with Gasteiger partial charge in [-0.3, -0.25) is 4.90 Å². The zero-order valence-electron chi connectivity index (χ0n) is 11.9. The molecule has 7 heteroatoms. The summed E-state index contributed by atoms with van der Waals surface area (Å²) in [7, 11) is 0.487. The van der Waals surface area contributed by atoms with E-state index in [9.17, 15) is 8.42 Å². The minimum atomic E-state index is -3.70. The molecule has 112 valence electrons. The lowest BCUT2D eigenvalue weighted by Gasteiger charge is -2.38. The van der Waals surface area contributed by atoms with Crippen LogP contribution < -0.4 is 10.5 Å². The molecule has 3 N–H and O–H groups in total. The molecule has 0 bridgehead atoms. The number of para-hydroxylation sites is 1. The molecular formula is C13H22N4O2S. The molecule has 1 fully saturated rings. The Bertz CT molecular complexity index is 561. The normalized spacial score (nSPS) is 21.9. The third-order valence-electron chi connectivity index (χ3n) is 3.70. The van der Waals surface area contributed by atoms with Gasteiger partial charge in [-0.15, -0.1) is 0 Å². The second-order valence-electron chi connectivity index (χ2n) is 5.32. The Labute approximate surface area is 120 Å². The van der Waals surface area contributed by atoms with Crippen molar-refractivity contribution in [1.29, 1.82) is 0 Å². The molecule has 1 aromatic rings. The topological polar surface area (TPSA) is 78.7 Å². The van der Waals surface area contributed by atoms with Crippen LogP contribution in [0, 0.1) is 0 Å². The van der Waals surface area contributed by atoms with Gasteiger partial charge in [0.05, 0.1) is 5.69 Å². The lowest BCUT2D eigenvalue weighted by molar-refractivity contribution is 0.122. The van der Waals surface area contributed by atoms with Gasteiger partial charge in [0.25, 0.3) is 0 Å². The van der Waals surface area contributed by atoms with Crippen LogP contribution in [0.4, 0.5) is 5.69 Å². The predicted octanol–water partition coefficient (Wildman–Crippen LogP) is -0.00830. The Morgan fingerprint density at radius 2 is 2.00 bits per heavy atom. The van der Waals surface area contributed by atoms with Gasteiger partial charge in [0, 0.05) is 32.2 Å². The summed E-state index contributed by atoms with van der Waals surface area (Å²) in [5, 5.41) is 8.44. The summed E-state index contributed by atoms with van der Waals surface area (Å²) in [5.41, 5.74) is 0.566. The molecule has 0 spiro atoms. The third kappa shape index (κ3) is 3.69. The highest BCUT2D eigenvalue weighted by molar-refractivity contribution is 7.89. The van der Waals surface area contributed by atoms with Crippen LogP contribution in [0.25, 0.3) is 0 Å². The van der Waals surface area contributed by atoms with E-state index >= 15 is 0 Å². The predicted molar refractivity (Wildman–Crippen MR) is 80.2 cm³/mol. The Morgan fingerprint density at radius 1 is 1.30 bits per heavy atom. The van der Waals surface area contributed by atoms with Gasteiger partial charge in [-0.05, 0) is 26.2 Å². The number of nitrogens with zero attached hydrogens (tertiary/aromatic N) is 2. The van der Waals surface area contributed by atoms with E-state index < -0.39 is 10.0 Å². The number of anilines is 1. The molecule has 1 unspecified atom stereocenters. The van der Waals surface area contributed by atoms with Crippen LogP contribution in [0.15, 0.2) is 29.2 Å². The van der Waals surface area contributed by atoms with E-state index in [1.54, 1.807) is 18.2 Å². The van der Waals surface area contributed by atoms with Crippen molar-refractivity contribution in [3.05, 3.63) is 24.3 Å². The Balaban J connectivity index is 2.08. The molecule has 1 aliphatic rings. The highest BCUT2D eigenvalue weighted by Crippen LogP contribution is 2.19. The Hall–Kier alpha value is -1.15. The van der Waals surface area contributed by atoms with Crippen molar-refractivity contribution < 1.29 is 8.42 Å². The first-order valence-electron chi connectivity index (χ1n) is 6.62. The van der Waals surface area contributed by atoms with Crippen molar-refractivity contribution in [3.63, 3.8) is 0 Å². The number of hydrogen-bond donors (Lipinski definition) is 2. The zero-order valence-corrected chi connectivity index (χ0v) is 12.7. The van der Waals surface area contributed by atoms with Crippen molar-refractivity contribution in [2.24, 2.45) is 5.14 Å². The standard InChI is InChI=1S/C13H22N4O2S/c1-16-7-8-17(2)11(10-16)9-15-12-5-3-4-6-13(12)20(14,18)19/h3-6,11,15H,7-10H2,1-2H3,(H2,14,18,19). The maximum atomic E-state index is 11.5. The monoisotopic (exact) mass is 298 g/mol. The molecule has 0 saturated carbocycles. The molecular weight excluding hydrogens is 276 g/mol. The minimum Gasteiger partial charge on any atom is -0.382 e. The van der Waals surface area contributed by atoms with Gasteiger partial charge in [0.2, 0.25) is 10.0 Å². The highest BCUT2D eigenvalue weighted by Gasteiger charge is 2.22. The van der Waals surface area contributed by atoms with Gasteiger partial charge in [0.1, 0.15) is 4.90 Å². The van der Waals surface area contributed by atoms with Crippen LogP contribution in [0.2, 0.25) is 0 Å². The second kappa shape index (κ2) is 6.09. The average molecular weight is 298 g/mol. The van der Waals surface area contributed by atoms with Crippen LogP contribution in [0.3, 0.4) is 0 Å². The van der Waals surface area contributed by atoms with Gasteiger partial charge in [-0.1, -0.05) is 12.1 Å². The number of benzene rings is 1. The van der Waals surface area contributed by atoms with Gasteiger partial charge in [0.15, 0.2) is 0 Å². The molecule has 20 heavy (non-hydrogen) atoms. The maximum Gasteiger partial charge on any atom is 0.240 e. The molecule has 1 saturated heterocycles. The van der Waals surface area contributed by atoms with Crippen molar-refractivity contribution in [2.45, 2.75) is 10.9 Å². The number of hydrogen-bond acceptors (Lipinski definition) is 5. The molecule has 0 radical (unpaired) electrons. The lowest BCUT2D eigenvalue weighted by Crippen LogP contribution is -2.52. The smallest absolute Gasteiger partial charge is 0.240 e. The van der Waals surface area contributed by atoms with Gasteiger partial charge in [-0.2, -0.15) is 0 Å². The second-order valence-corrected chi connectivity index (χ2v) is 6.85. The number of piperazine rings is 1. The number of nitrogens with two attached hydrogens (primary N) is 1. The number of sulfonamides is 1. The fourth-order valence-electron chi connectivity index (χ4n) is 2.41. The summed E-state index contributed by atoms with van der Waals surface area (Å²) in [5.74, 6) is 0. The molecule has 0 aromatic heterocycles. The van der Waals surface area contributed by atoms with Gasteiger partial charge in [-0.25, -0.2) is 13.6 Å². The van der Waals surface area contributed by atoms with Gasteiger partial charge >= 0.3 is 0 Å². The summed E-state index contributed by atoms with van der Waals surface area (Å²) >= 11 is 0. The van der Waals surface area contributed by atoms with Crippen molar-refractivity contribution in [1.82, 2.24) is 9.80 Å². The lowest BCUT2D eigenvalue weighted by atomic mass is 10.2. The summed E-state index contributed by atoms with van der Waals surface area (Å²) in [6, 6.07) is 7.09. The number of nitrogens with one attached hydrogen (secondary N) is 1. The summed E-state index contributed by atoms with van der Waals surface area (Å²) < 4.78 is 23.1. The van der Waals surface area contributed by atoms with Crippen molar-refractivity contribution in [3.8, 4) is 0 Å². The number of primary sulfonamides is 1. The van der Waals surface area contributed by atoms with E-state index in [1.165, 1.54) is 6.07 Å². The quantitative estimate of drug-likeness (QED) is 0.817. The molecule has 1 aliphatic heterocycles. The van der Waals surface area contributed by atoms with Crippen molar-refractivity contribution >= 4 is 15.7 Å². The molecule has 6 nitrogen and oxygen atoms in total. The molecule has 1 aromatic carbocycles. The minimum absolute atomic E-state index is 0.145. The third-order valence-corrected chi connectivity index (χ3v) is 4.67. The van der Waals surface area contributed by atoms with Crippen LogP contribution in [-0.2, 0) is 10.0 Å². The van der Waals surface area contributed by atoms with Crippen LogP contribution >= 0.6 is 0 Å². The van der Waals surface area contributed by atoms with Crippen molar-refractivity contribution in [2.75, 3.05) is 45.6 Å². The Morgan fingerprint density at radius 3 is 2.70 bits per heavy atom. The SMILES string of the molecule is CN1CCN(C)C(CNc2ccccc2S(N)(=O)=O)C1. The molecule has 1 atom stereocenters. The van der Waals surface area contributed by atoms with Crippen LogP contribution in [0.1, 0.15) is 0 Å². The molecule has 1 heterocycles. The fraction of sp³-hybridized carbons (Fsp3) is 0.538. The summed E-state index contributed by atoms with van der Waals surface area (Å²) in [6.45, 7) is 3.72. The fourth-order valence-corrected chi connectivity index (χ4v) is 3.13. The van der Waals surface area contributed by atoms with E-state index in [0.717, 1.165) is 19.6 Å². The first-order chi connectivity index (χ1) is 9.38. The number of likely N-dealkylation sites (N-methyl/N-ethyl adjacent to an activating group) is 2. The first-order valence-corrected chi connectivity index (χ1v) is 8.17. The van der Waals surface area contributed by atoms with E-state index in [1.807, 2.05) is 0 Å². The van der Waals surface area contributed by atoms with E-state index in [2.05, 4.69) is 29.2 Å². The van der Waals surface area contributed by atoms with E-state index in [-0.39, 0.29) is 4.90 Å². The molecule has 0 aliphatic carbocycles. The van der Waals surface area contributed by atoms with Crippen LogP contribution in [0.5, 0.6) is 0 Å². The summed E-state index contributed by atoms with van der Waals surface area (Å²) in [4.78, 5) is 4.71. The maximum absolute atomic E-state index is 11.5. The van der Waals surface area contributed by atoms with E-state index in [4.69, 9.17) is 5.14 Å². The molecule has 0 amide bonds. The van der Waals surface area contributed by atoms with Crippen LogP contribution in [-0.4, -0.2) is 64.5 Å². The molecule has 2 rings (SSSR count). The average Bonchev–Trinajstić information content (AvgIpc) is 2.39.